The number of hydrogen-bond donors (Lipinski definition) is 0. The number of ether oxygens (including phenoxy) is 1. The summed E-state index contributed by atoms with van der Waals surface area (Å²) in [6.07, 6.45) is 0.574. The average Bonchev–Trinajstić information content (AvgIpc) is 2.85. The van der Waals surface area contributed by atoms with E-state index in [9.17, 15) is 4.79 Å². The molecule has 106 valence electrons. The van der Waals surface area contributed by atoms with Crippen LogP contribution in [0.2, 0.25) is 0 Å². The van der Waals surface area contributed by atoms with Gasteiger partial charge in [-0.3, -0.25) is 4.79 Å². The lowest BCUT2D eigenvalue weighted by atomic mass is 10.1. The topological polar surface area (TPSA) is 69.9 Å². The highest BCUT2D eigenvalue weighted by Gasteiger charge is 2.23. The number of aromatic nitrogens is 4. The molecule has 1 aromatic carbocycles. The van der Waals surface area contributed by atoms with Gasteiger partial charge in [0.1, 0.15) is 5.25 Å². The fourth-order valence-electron chi connectivity index (χ4n) is 1.69. The molecule has 0 fully saturated rings. The maximum atomic E-state index is 11.9. The van der Waals surface area contributed by atoms with E-state index in [1.165, 1.54) is 29.1 Å². The fourth-order valence-corrected chi connectivity index (χ4v) is 2.69. The fraction of sp³-hybridized carbons (Fsp3) is 0.385. The maximum Gasteiger partial charge on any atom is 0.319 e. The van der Waals surface area contributed by atoms with Crippen molar-refractivity contribution in [2.75, 3.05) is 7.11 Å². The minimum atomic E-state index is -0.368. The van der Waals surface area contributed by atoms with Gasteiger partial charge in [-0.05, 0) is 29.3 Å². The van der Waals surface area contributed by atoms with Gasteiger partial charge in [0.05, 0.1) is 7.11 Å². The molecule has 0 saturated heterocycles. The van der Waals surface area contributed by atoms with E-state index in [0.29, 0.717) is 11.6 Å². The SMILES string of the molecule is COC(=O)C(Cc1ccc(C)cc1)Sc1nnnn1C. The molecule has 0 saturated carbocycles. The predicted molar refractivity (Wildman–Crippen MR) is 75.3 cm³/mol. The van der Waals surface area contributed by atoms with Crippen molar-refractivity contribution < 1.29 is 9.53 Å². The molecular weight excluding hydrogens is 276 g/mol. The molecule has 7 heteroatoms. The Balaban J connectivity index is 2.13. The van der Waals surface area contributed by atoms with Crippen LogP contribution in [0.25, 0.3) is 0 Å². The zero-order valence-electron chi connectivity index (χ0n) is 11.6. The standard InChI is InChI=1S/C13H16N4O2S/c1-9-4-6-10(7-5-9)8-11(12(18)19-3)20-13-14-15-16-17(13)2/h4-7,11H,8H2,1-3H3. The molecule has 1 unspecified atom stereocenters. The monoisotopic (exact) mass is 292 g/mol. The Hall–Kier alpha value is -1.89. The van der Waals surface area contributed by atoms with E-state index < -0.39 is 0 Å². The van der Waals surface area contributed by atoms with E-state index in [-0.39, 0.29) is 11.2 Å². The lowest BCUT2D eigenvalue weighted by Gasteiger charge is -2.13. The summed E-state index contributed by atoms with van der Waals surface area (Å²) in [7, 11) is 3.13. The first-order valence-electron chi connectivity index (χ1n) is 6.12. The Morgan fingerprint density at radius 2 is 2.10 bits per heavy atom. The lowest BCUT2D eigenvalue weighted by molar-refractivity contribution is -0.139. The van der Waals surface area contributed by atoms with E-state index in [4.69, 9.17) is 4.74 Å². The highest BCUT2D eigenvalue weighted by Crippen LogP contribution is 2.24. The average molecular weight is 292 g/mol. The van der Waals surface area contributed by atoms with E-state index >= 15 is 0 Å². The second kappa shape index (κ2) is 6.51. The molecule has 0 spiro atoms. The summed E-state index contributed by atoms with van der Waals surface area (Å²) in [6, 6.07) is 8.08. The first kappa shape index (κ1) is 14.5. The number of tetrazole rings is 1. The highest BCUT2D eigenvalue weighted by molar-refractivity contribution is 8.00. The number of hydrogen-bond acceptors (Lipinski definition) is 6. The summed E-state index contributed by atoms with van der Waals surface area (Å²) in [4.78, 5) is 11.9. The lowest BCUT2D eigenvalue weighted by Crippen LogP contribution is -2.22. The molecule has 2 rings (SSSR count). The minimum absolute atomic E-state index is 0.279. The van der Waals surface area contributed by atoms with Crippen molar-refractivity contribution in [1.29, 1.82) is 0 Å². The third-order valence-electron chi connectivity index (χ3n) is 2.83. The Labute approximate surface area is 121 Å². The summed E-state index contributed by atoms with van der Waals surface area (Å²) in [6.45, 7) is 2.03. The van der Waals surface area contributed by atoms with Crippen LogP contribution in [0.1, 0.15) is 11.1 Å². The number of methoxy groups -OCH3 is 1. The second-order valence-corrected chi connectivity index (χ2v) is 5.57. The van der Waals surface area contributed by atoms with Crippen molar-refractivity contribution in [2.24, 2.45) is 7.05 Å². The van der Waals surface area contributed by atoms with Crippen molar-refractivity contribution >= 4 is 17.7 Å². The number of thioether (sulfide) groups is 1. The Morgan fingerprint density at radius 3 is 2.65 bits per heavy atom. The third-order valence-corrected chi connectivity index (χ3v) is 4.04. The van der Waals surface area contributed by atoms with E-state index in [0.717, 1.165) is 5.56 Å². The molecule has 0 amide bonds. The van der Waals surface area contributed by atoms with Gasteiger partial charge in [-0.15, -0.1) is 5.10 Å². The second-order valence-electron chi connectivity index (χ2n) is 4.40. The number of nitrogens with zero attached hydrogens (tertiary/aromatic N) is 4. The van der Waals surface area contributed by atoms with Crippen LogP contribution >= 0.6 is 11.8 Å². The van der Waals surface area contributed by atoms with Gasteiger partial charge < -0.3 is 4.74 Å². The summed E-state index contributed by atoms with van der Waals surface area (Å²) < 4.78 is 6.40. The molecule has 2 aromatic rings. The number of aryl methyl sites for hydroxylation is 2. The van der Waals surface area contributed by atoms with Crippen molar-refractivity contribution in [3.8, 4) is 0 Å². The van der Waals surface area contributed by atoms with Crippen LogP contribution in [-0.4, -0.2) is 38.5 Å². The van der Waals surface area contributed by atoms with Crippen molar-refractivity contribution in [3.05, 3.63) is 35.4 Å². The first-order valence-corrected chi connectivity index (χ1v) is 7.00. The molecule has 0 N–H and O–H groups in total. The van der Waals surface area contributed by atoms with Gasteiger partial charge in [0, 0.05) is 7.05 Å². The molecule has 0 aliphatic carbocycles. The summed E-state index contributed by atoms with van der Waals surface area (Å²) in [5.41, 5.74) is 2.27. The van der Waals surface area contributed by atoms with Crippen LogP contribution in [-0.2, 0) is 23.0 Å². The Bertz CT molecular complexity index is 582. The van der Waals surface area contributed by atoms with Crippen LogP contribution < -0.4 is 0 Å². The number of carbonyl (C=O) groups excluding carboxylic acids is 1. The van der Waals surface area contributed by atoms with Crippen LogP contribution in [0.3, 0.4) is 0 Å². The van der Waals surface area contributed by atoms with Gasteiger partial charge in [0.25, 0.3) is 0 Å². The molecule has 0 bridgehead atoms. The molecule has 6 nitrogen and oxygen atoms in total. The quantitative estimate of drug-likeness (QED) is 0.613. The van der Waals surface area contributed by atoms with Gasteiger partial charge >= 0.3 is 5.97 Å². The molecule has 1 atom stereocenters. The zero-order valence-corrected chi connectivity index (χ0v) is 12.4. The predicted octanol–water partition coefficient (Wildman–Crippen LogP) is 1.39. The first-order chi connectivity index (χ1) is 9.60. The molecule has 0 aliphatic heterocycles. The molecular formula is C13H16N4O2S. The number of esters is 1. The zero-order chi connectivity index (χ0) is 14.5. The van der Waals surface area contributed by atoms with Gasteiger partial charge in [0.2, 0.25) is 5.16 Å². The van der Waals surface area contributed by atoms with Crippen LogP contribution in [0, 0.1) is 6.92 Å². The van der Waals surface area contributed by atoms with Crippen molar-refractivity contribution in [3.63, 3.8) is 0 Å². The number of rotatable bonds is 5. The molecule has 0 radical (unpaired) electrons. The van der Waals surface area contributed by atoms with Crippen molar-refractivity contribution in [1.82, 2.24) is 20.2 Å². The molecule has 1 aromatic heterocycles. The minimum Gasteiger partial charge on any atom is -0.468 e. The maximum absolute atomic E-state index is 11.9. The van der Waals surface area contributed by atoms with Gasteiger partial charge in [-0.1, -0.05) is 41.6 Å². The summed E-state index contributed by atoms with van der Waals surface area (Å²) >= 11 is 1.31. The highest BCUT2D eigenvalue weighted by atomic mass is 32.2. The van der Waals surface area contributed by atoms with Gasteiger partial charge in [-0.2, -0.15) is 0 Å². The van der Waals surface area contributed by atoms with E-state index in [1.807, 2.05) is 31.2 Å². The van der Waals surface area contributed by atoms with Crippen LogP contribution in [0.5, 0.6) is 0 Å². The third kappa shape index (κ3) is 3.57. The van der Waals surface area contributed by atoms with E-state index in [1.54, 1.807) is 7.05 Å². The van der Waals surface area contributed by atoms with Crippen LogP contribution in [0.4, 0.5) is 0 Å². The van der Waals surface area contributed by atoms with Crippen LogP contribution in [0.15, 0.2) is 29.4 Å². The largest absolute Gasteiger partial charge is 0.468 e. The summed E-state index contributed by atoms with van der Waals surface area (Å²) in [5, 5.41) is 11.4. The smallest absolute Gasteiger partial charge is 0.319 e. The van der Waals surface area contributed by atoms with Gasteiger partial charge in [0.15, 0.2) is 0 Å². The normalized spacial score (nSPS) is 12.2. The van der Waals surface area contributed by atoms with Gasteiger partial charge in [-0.25, -0.2) is 4.68 Å². The van der Waals surface area contributed by atoms with Crippen molar-refractivity contribution in [2.45, 2.75) is 23.8 Å². The molecule has 20 heavy (non-hydrogen) atoms. The molecule has 0 aliphatic rings. The number of carbonyl (C=O) groups is 1. The Kier molecular flexibility index (Phi) is 4.73. The molecule has 1 heterocycles. The number of benzene rings is 1. The Morgan fingerprint density at radius 1 is 1.40 bits per heavy atom. The summed E-state index contributed by atoms with van der Waals surface area (Å²) in [5.74, 6) is -0.279. The van der Waals surface area contributed by atoms with E-state index in [2.05, 4.69) is 15.5 Å².